The van der Waals surface area contributed by atoms with Crippen molar-refractivity contribution in [3.05, 3.63) is 204 Å². The van der Waals surface area contributed by atoms with Crippen molar-refractivity contribution < 1.29 is 0 Å². The quantitative estimate of drug-likeness (QED) is 0.156. The maximum Gasteiger partial charge on any atom is 0.200 e. The highest BCUT2D eigenvalue weighted by Gasteiger charge is 2.23. The van der Waals surface area contributed by atoms with Gasteiger partial charge in [0.25, 0.3) is 0 Å². The first-order valence-electron chi connectivity index (χ1n) is 22.9. The van der Waals surface area contributed by atoms with E-state index >= 15 is 0 Å². The molecule has 3 aromatic heterocycles. The van der Waals surface area contributed by atoms with Crippen molar-refractivity contribution in [2.75, 3.05) is 0 Å². The number of hydrogen-bond acceptors (Lipinski definition) is 4. The Balaban J connectivity index is 1.11. The molecule has 0 radical (unpaired) electrons. The van der Waals surface area contributed by atoms with Gasteiger partial charge in [0.1, 0.15) is 0 Å². The van der Waals surface area contributed by atoms with Crippen molar-refractivity contribution in [2.24, 2.45) is 0 Å². The number of hydrogen-bond donors (Lipinski definition) is 0. The maximum absolute atomic E-state index is 10.1. The highest BCUT2D eigenvalue weighted by atomic mass is 15.0. The van der Waals surface area contributed by atoms with E-state index in [1.54, 1.807) is 0 Å². The normalized spacial score (nSPS) is 11.9. The van der Waals surface area contributed by atoms with E-state index in [9.17, 15) is 5.26 Å². The zero-order valence-corrected chi connectivity index (χ0v) is 38.9. The summed E-state index contributed by atoms with van der Waals surface area (Å²) in [7, 11) is 0. The van der Waals surface area contributed by atoms with Crippen molar-refractivity contribution in [3.8, 4) is 62.7 Å². The Kier molecular flexibility index (Phi) is 9.92. The molecule has 11 rings (SSSR count). The molecular weight excluding hydrogens is 831 g/mol. The summed E-state index contributed by atoms with van der Waals surface area (Å²) in [6, 6.07) is 62.8. The van der Waals surface area contributed by atoms with Gasteiger partial charge >= 0.3 is 0 Å². The monoisotopic (exact) mass is 877 g/mol. The van der Waals surface area contributed by atoms with Crippen LogP contribution in [0.15, 0.2) is 176 Å². The smallest absolute Gasteiger partial charge is 0.200 e. The Morgan fingerprint density at radius 2 is 0.941 bits per heavy atom. The van der Waals surface area contributed by atoms with E-state index in [0.29, 0.717) is 34.3 Å². The molecule has 0 saturated carbocycles. The molecule has 8 aromatic carbocycles. The highest BCUT2D eigenvalue weighted by molar-refractivity contribution is 6.11. The number of rotatable bonds is 6. The van der Waals surface area contributed by atoms with Crippen LogP contribution in [0.1, 0.15) is 58.2 Å². The second-order valence-corrected chi connectivity index (χ2v) is 19.6. The molecule has 0 bridgehead atoms. The van der Waals surface area contributed by atoms with Crippen molar-refractivity contribution >= 4 is 49.3 Å². The highest BCUT2D eigenvalue weighted by Crippen LogP contribution is 2.42. The van der Waals surface area contributed by atoms with Gasteiger partial charge in [-0.25, -0.2) is 19.8 Å². The fourth-order valence-corrected chi connectivity index (χ4v) is 9.57. The molecule has 0 atom stereocenters. The SMILES string of the molecule is [C-]#[N+]c1cc(-n2c3ccccc3c3cc(C(C)(C)C)ccc32)ccc1-c1nc(-c2ccccc2)nc(-c2ccc(-n3c4ccccc4c4cc(C(C)(C)C)ccc43)cc2-c2cccc(C#N)c2)n1. The molecule has 0 aliphatic heterocycles. The zero-order chi connectivity index (χ0) is 46.9. The Bertz CT molecular complexity index is 3900. The van der Waals surface area contributed by atoms with Crippen LogP contribution in [0.5, 0.6) is 0 Å². The summed E-state index contributed by atoms with van der Waals surface area (Å²) < 4.78 is 4.56. The van der Waals surface area contributed by atoms with Crippen LogP contribution in [0, 0.1) is 17.9 Å². The number of benzene rings is 8. The Labute approximate surface area is 396 Å². The molecule has 7 nitrogen and oxygen atoms in total. The summed E-state index contributed by atoms with van der Waals surface area (Å²) in [4.78, 5) is 19.6. The summed E-state index contributed by atoms with van der Waals surface area (Å²) in [6.45, 7) is 22.0. The number of nitriles is 1. The van der Waals surface area contributed by atoms with Crippen molar-refractivity contribution in [1.82, 2.24) is 24.1 Å². The first-order valence-corrected chi connectivity index (χ1v) is 22.9. The Morgan fingerprint density at radius 3 is 1.51 bits per heavy atom. The fourth-order valence-electron chi connectivity index (χ4n) is 9.57. The van der Waals surface area contributed by atoms with Crippen LogP contribution in [0.2, 0.25) is 0 Å². The van der Waals surface area contributed by atoms with E-state index < -0.39 is 0 Å². The van der Waals surface area contributed by atoms with Crippen LogP contribution in [-0.2, 0) is 10.8 Å². The summed E-state index contributed by atoms with van der Waals surface area (Å²) in [6.07, 6.45) is 0. The van der Waals surface area contributed by atoms with Gasteiger partial charge in [0.2, 0.25) is 0 Å². The number of fused-ring (bicyclic) bond motifs is 6. The van der Waals surface area contributed by atoms with Gasteiger partial charge in [-0.05, 0) is 112 Å². The summed E-state index contributed by atoms with van der Waals surface area (Å²) >= 11 is 0. The molecule has 0 spiro atoms. The van der Waals surface area contributed by atoms with Gasteiger partial charge in [-0.2, -0.15) is 5.26 Å². The van der Waals surface area contributed by atoms with Gasteiger partial charge in [0, 0.05) is 49.6 Å². The third-order valence-corrected chi connectivity index (χ3v) is 13.2. The van der Waals surface area contributed by atoms with Gasteiger partial charge in [0.15, 0.2) is 23.2 Å². The lowest BCUT2D eigenvalue weighted by Gasteiger charge is -2.19. The molecule has 0 saturated heterocycles. The Morgan fingerprint density at radius 1 is 0.441 bits per heavy atom. The molecule has 326 valence electrons. The van der Waals surface area contributed by atoms with Crippen LogP contribution in [-0.4, -0.2) is 24.1 Å². The van der Waals surface area contributed by atoms with E-state index in [4.69, 9.17) is 21.5 Å². The summed E-state index contributed by atoms with van der Waals surface area (Å²) in [5.41, 5.74) is 13.6. The second-order valence-electron chi connectivity index (χ2n) is 19.6. The molecule has 0 fully saturated rings. The average molecular weight is 878 g/mol. The number of aromatic nitrogens is 5. The first-order chi connectivity index (χ1) is 32.9. The average Bonchev–Trinajstić information content (AvgIpc) is 3.88. The van der Waals surface area contributed by atoms with E-state index in [-0.39, 0.29) is 10.8 Å². The summed E-state index contributed by atoms with van der Waals surface area (Å²) in [5.74, 6) is 1.33. The predicted octanol–water partition coefficient (Wildman–Crippen LogP) is 15.8. The predicted molar refractivity (Wildman–Crippen MR) is 279 cm³/mol. The molecule has 7 heteroatoms. The van der Waals surface area contributed by atoms with E-state index in [1.165, 1.54) is 27.3 Å². The minimum Gasteiger partial charge on any atom is -0.311 e. The topological polar surface area (TPSA) is 76.7 Å². The molecule has 0 aliphatic rings. The fraction of sp³-hybridized carbons (Fsp3) is 0.131. The molecule has 3 heterocycles. The van der Waals surface area contributed by atoms with Gasteiger partial charge in [-0.15, -0.1) is 0 Å². The third kappa shape index (κ3) is 7.17. The van der Waals surface area contributed by atoms with E-state index in [0.717, 1.165) is 61.1 Å². The van der Waals surface area contributed by atoms with Crippen molar-refractivity contribution in [3.63, 3.8) is 0 Å². The molecule has 0 N–H and O–H groups in total. The lowest BCUT2D eigenvalue weighted by molar-refractivity contribution is 0.591. The molecule has 0 unspecified atom stereocenters. The molecule has 68 heavy (non-hydrogen) atoms. The zero-order valence-electron chi connectivity index (χ0n) is 38.9. The minimum absolute atomic E-state index is 0.00904. The van der Waals surface area contributed by atoms with Crippen LogP contribution in [0.4, 0.5) is 5.69 Å². The van der Waals surface area contributed by atoms with Crippen LogP contribution >= 0.6 is 0 Å². The molecule has 0 amide bonds. The largest absolute Gasteiger partial charge is 0.311 e. The van der Waals surface area contributed by atoms with Crippen LogP contribution in [0.25, 0.3) is 105 Å². The number of para-hydroxylation sites is 2. The number of nitrogens with zero attached hydrogens (tertiary/aromatic N) is 7. The lowest BCUT2D eigenvalue weighted by Crippen LogP contribution is -2.10. The second kappa shape index (κ2) is 16.0. The van der Waals surface area contributed by atoms with Gasteiger partial charge in [-0.3, -0.25) is 0 Å². The maximum atomic E-state index is 10.1. The van der Waals surface area contributed by atoms with E-state index in [1.807, 2.05) is 66.7 Å². The van der Waals surface area contributed by atoms with Gasteiger partial charge in [0.05, 0.1) is 40.3 Å². The van der Waals surface area contributed by atoms with Crippen molar-refractivity contribution in [2.45, 2.75) is 52.4 Å². The Hall–Kier alpha value is -8.65. The lowest BCUT2D eigenvalue weighted by atomic mass is 9.86. The summed E-state index contributed by atoms with van der Waals surface area (Å²) in [5, 5.41) is 14.8. The molecular formula is C61H47N7. The standard InChI is InChI=1S/C61H47N7/c1-60(2,3)41-24-30-55-50(33-41)45-20-11-13-22-53(45)67(55)43-26-28-47(49(35-43)40-19-15-16-38(32-40)37-62)58-64-57(39-17-9-8-10-18-39)65-59(66-58)48-29-27-44(36-52(48)63-7)68-54-23-14-12-21-46(54)51-34-42(61(4,5)6)25-31-56(51)68/h8-36H,1-6H3. The van der Waals surface area contributed by atoms with Crippen molar-refractivity contribution in [1.29, 1.82) is 5.26 Å². The van der Waals surface area contributed by atoms with Crippen LogP contribution < -0.4 is 0 Å². The van der Waals surface area contributed by atoms with Gasteiger partial charge < -0.3 is 9.13 Å². The van der Waals surface area contributed by atoms with Gasteiger partial charge in [-0.1, -0.05) is 139 Å². The minimum atomic E-state index is -0.0133. The first kappa shape index (κ1) is 42.0. The molecule has 0 aliphatic carbocycles. The third-order valence-electron chi connectivity index (χ3n) is 13.2. The van der Waals surface area contributed by atoms with E-state index in [2.05, 4.69) is 171 Å². The molecule has 11 aromatic rings. The van der Waals surface area contributed by atoms with Crippen LogP contribution in [0.3, 0.4) is 0 Å².